The Morgan fingerprint density at radius 2 is 1.89 bits per heavy atom. The lowest BCUT2D eigenvalue weighted by molar-refractivity contribution is -0.122. The topological polar surface area (TPSA) is 58.4 Å². The molecular weight excluding hydrogens is 238 g/mol. The Morgan fingerprint density at radius 3 is 2.37 bits per heavy atom. The molecule has 4 heteroatoms. The monoisotopic (exact) mass is 269 g/mol. The fraction of sp³-hybridized carbons (Fsp3) is 0.933. The largest absolute Gasteiger partial charge is 0.354 e. The summed E-state index contributed by atoms with van der Waals surface area (Å²) < 4.78 is 0. The molecule has 112 valence electrons. The predicted molar refractivity (Wildman–Crippen MR) is 79.9 cm³/mol. The summed E-state index contributed by atoms with van der Waals surface area (Å²) in [6.45, 7) is 13.9. The Morgan fingerprint density at radius 1 is 1.37 bits per heavy atom. The van der Waals surface area contributed by atoms with Gasteiger partial charge in [-0.25, -0.2) is 0 Å². The van der Waals surface area contributed by atoms with E-state index in [0.717, 1.165) is 24.9 Å². The van der Waals surface area contributed by atoms with Crippen LogP contribution in [0.15, 0.2) is 0 Å². The van der Waals surface area contributed by atoms with Gasteiger partial charge in [-0.1, -0.05) is 13.8 Å². The Labute approximate surface area is 118 Å². The summed E-state index contributed by atoms with van der Waals surface area (Å²) in [6, 6.07) is -0.0712. The van der Waals surface area contributed by atoms with E-state index < -0.39 is 0 Å². The first-order valence-corrected chi connectivity index (χ1v) is 7.48. The molecule has 1 heterocycles. The molecule has 19 heavy (non-hydrogen) atoms. The van der Waals surface area contributed by atoms with E-state index in [0.29, 0.717) is 13.0 Å². The highest BCUT2D eigenvalue weighted by Crippen LogP contribution is 2.26. The lowest BCUT2D eigenvalue weighted by Gasteiger charge is -2.45. The highest BCUT2D eigenvalue weighted by atomic mass is 16.1. The van der Waals surface area contributed by atoms with Gasteiger partial charge in [-0.05, 0) is 39.0 Å². The number of rotatable bonds is 5. The van der Waals surface area contributed by atoms with E-state index in [4.69, 9.17) is 5.73 Å². The average Bonchev–Trinajstić information content (AvgIpc) is 2.24. The Bertz CT molecular complexity index is 292. The van der Waals surface area contributed by atoms with Crippen LogP contribution in [0.4, 0.5) is 0 Å². The lowest BCUT2D eigenvalue weighted by Crippen LogP contribution is -2.56. The quantitative estimate of drug-likeness (QED) is 0.797. The minimum atomic E-state index is -0.0712. The molecule has 3 atom stereocenters. The van der Waals surface area contributed by atoms with Gasteiger partial charge in [-0.3, -0.25) is 9.69 Å². The van der Waals surface area contributed by atoms with Gasteiger partial charge in [0.05, 0.1) is 0 Å². The molecule has 0 aromatic rings. The highest BCUT2D eigenvalue weighted by molar-refractivity contribution is 5.76. The van der Waals surface area contributed by atoms with E-state index in [1.54, 1.807) is 0 Å². The molecule has 0 saturated carbocycles. The van der Waals surface area contributed by atoms with Gasteiger partial charge in [0.2, 0.25) is 5.91 Å². The van der Waals surface area contributed by atoms with Crippen molar-refractivity contribution < 1.29 is 4.79 Å². The van der Waals surface area contributed by atoms with Gasteiger partial charge in [-0.15, -0.1) is 0 Å². The van der Waals surface area contributed by atoms with Crippen molar-refractivity contribution >= 4 is 5.91 Å². The number of hydrogen-bond acceptors (Lipinski definition) is 3. The maximum atomic E-state index is 11.7. The SMILES string of the molecule is CC(N)CC(=O)NCC(C)(C)N1CC(C)CC(C)C1. The second-order valence-electron chi connectivity index (χ2n) is 7.12. The molecule has 1 saturated heterocycles. The van der Waals surface area contributed by atoms with Crippen molar-refractivity contribution in [2.45, 2.75) is 59.0 Å². The third-order valence-electron chi connectivity index (χ3n) is 3.95. The standard InChI is InChI=1S/C15H31N3O/c1-11-6-12(2)9-18(8-11)15(4,5)10-17-14(19)7-13(3)16/h11-13H,6-10,16H2,1-5H3,(H,17,19). The Kier molecular flexibility index (Phi) is 5.81. The second-order valence-corrected chi connectivity index (χ2v) is 7.12. The number of likely N-dealkylation sites (tertiary alicyclic amines) is 1. The molecule has 1 amide bonds. The van der Waals surface area contributed by atoms with Crippen LogP contribution in [-0.2, 0) is 4.79 Å². The molecule has 0 aromatic heterocycles. The molecule has 3 unspecified atom stereocenters. The van der Waals surface area contributed by atoms with Gasteiger partial charge in [0.25, 0.3) is 0 Å². The predicted octanol–water partition coefficient (Wildman–Crippen LogP) is 1.60. The number of nitrogens with zero attached hydrogens (tertiary/aromatic N) is 1. The van der Waals surface area contributed by atoms with Crippen LogP contribution in [0.25, 0.3) is 0 Å². The van der Waals surface area contributed by atoms with Crippen molar-refractivity contribution in [3.8, 4) is 0 Å². The summed E-state index contributed by atoms with van der Waals surface area (Å²) in [7, 11) is 0. The van der Waals surface area contributed by atoms with Crippen molar-refractivity contribution in [1.29, 1.82) is 0 Å². The lowest BCUT2D eigenvalue weighted by atomic mass is 9.88. The average molecular weight is 269 g/mol. The second kappa shape index (κ2) is 6.71. The Balaban J connectivity index is 2.48. The van der Waals surface area contributed by atoms with Crippen molar-refractivity contribution in [1.82, 2.24) is 10.2 Å². The fourth-order valence-electron chi connectivity index (χ4n) is 2.95. The number of nitrogens with two attached hydrogens (primary N) is 1. The minimum absolute atomic E-state index is 0.0104. The maximum absolute atomic E-state index is 11.7. The highest BCUT2D eigenvalue weighted by Gasteiger charge is 2.32. The maximum Gasteiger partial charge on any atom is 0.221 e. The molecule has 3 N–H and O–H groups in total. The zero-order valence-electron chi connectivity index (χ0n) is 13.2. The normalized spacial score (nSPS) is 27.1. The molecule has 1 aliphatic rings. The summed E-state index contributed by atoms with van der Waals surface area (Å²) >= 11 is 0. The molecule has 0 aromatic carbocycles. The molecule has 4 nitrogen and oxygen atoms in total. The van der Waals surface area contributed by atoms with E-state index in [1.807, 2.05) is 6.92 Å². The van der Waals surface area contributed by atoms with Crippen molar-refractivity contribution in [3.05, 3.63) is 0 Å². The summed E-state index contributed by atoms with van der Waals surface area (Å²) in [6.07, 6.45) is 1.71. The summed E-state index contributed by atoms with van der Waals surface area (Å²) in [5, 5.41) is 3.02. The fourth-order valence-corrected chi connectivity index (χ4v) is 2.95. The van der Waals surface area contributed by atoms with E-state index >= 15 is 0 Å². The molecule has 1 rings (SSSR count). The molecule has 0 bridgehead atoms. The summed E-state index contributed by atoms with van der Waals surface area (Å²) in [5.74, 6) is 1.53. The van der Waals surface area contributed by atoms with Gasteiger partial charge >= 0.3 is 0 Å². The van der Waals surface area contributed by atoms with Gasteiger partial charge in [0.15, 0.2) is 0 Å². The Hall–Kier alpha value is -0.610. The first-order valence-electron chi connectivity index (χ1n) is 7.48. The van der Waals surface area contributed by atoms with E-state index in [2.05, 4.69) is 37.9 Å². The molecule has 0 aliphatic carbocycles. The van der Waals surface area contributed by atoms with Crippen LogP contribution in [0.5, 0.6) is 0 Å². The van der Waals surface area contributed by atoms with Crippen LogP contribution in [0, 0.1) is 11.8 Å². The van der Waals surface area contributed by atoms with Crippen LogP contribution in [0.1, 0.15) is 47.5 Å². The number of amides is 1. The summed E-state index contributed by atoms with van der Waals surface area (Å²) in [4.78, 5) is 14.2. The smallest absolute Gasteiger partial charge is 0.221 e. The third-order valence-corrected chi connectivity index (χ3v) is 3.95. The first kappa shape index (κ1) is 16.4. The summed E-state index contributed by atoms with van der Waals surface area (Å²) in [5.41, 5.74) is 5.65. The van der Waals surface area contributed by atoms with Crippen molar-refractivity contribution in [2.75, 3.05) is 19.6 Å². The zero-order chi connectivity index (χ0) is 14.6. The molecular formula is C15H31N3O. The van der Waals surface area contributed by atoms with Crippen LogP contribution >= 0.6 is 0 Å². The molecule has 1 aliphatic heterocycles. The van der Waals surface area contributed by atoms with Crippen LogP contribution in [0.2, 0.25) is 0 Å². The first-order chi connectivity index (χ1) is 8.70. The van der Waals surface area contributed by atoms with Gasteiger partial charge in [0.1, 0.15) is 0 Å². The van der Waals surface area contributed by atoms with Crippen molar-refractivity contribution in [3.63, 3.8) is 0 Å². The number of hydrogen-bond donors (Lipinski definition) is 2. The number of carbonyl (C=O) groups excluding carboxylic acids is 1. The van der Waals surface area contributed by atoms with Crippen LogP contribution in [0.3, 0.4) is 0 Å². The van der Waals surface area contributed by atoms with Crippen molar-refractivity contribution in [2.24, 2.45) is 17.6 Å². The number of carbonyl (C=O) groups is 1. The van der Waals surface area contributed by atoms with Crippen LogP contribution < -0.4 is 11.1 Å². The molecule has 1 fully saturated rings. The zero-order valence-corrected chi connectivity index (χ0v) is 13.2. The molecule has 0 spiro atoms. The van der Waals surface area contributed by atoms with E-state index in [-0.39, 0.29) is 17.5 Å². The van der Waals surface area contributed by atoms with Gasteiger partial charge in [0, 0.05) is 37.6 Å². The van der Waals surface area contributed by atoms with Crippen LogP contribution in [-0.4, -0.2) is 42.0 Å². The molecule has 0 radical (unpaired) electrons. The minimum Gasteiger partial charge on any atom is -0.354 e. The third kappa shape index (κ3) is 5.49. The van der Waals surface area contributed by atoms with E-state index in [1.165, 1.54) is 6.42 Å². The van der Waals surface area contributed by atoms with Gasteiger partial charge < -0.3 is 11.1 Å². The van der Waals surface area contributed by atoms with Gasteiger partial charge in [-0.2, -0.15) is 0 Å². The number of piperidine rings is 1. The van der Waals surface area contributed by atoms with E-state index in [9.17, 15) is 4.79 Å². The number of nitrogens with one attached hydrogen (secondary N) is 1.